The number of unbranched alkanes of at least 4 members (excludes halogenated alkanes) is 34. The minimum atomic E-state index is -4.36. The predicted octanol–water partition coefficient (Wildman–Crippen LogP) is 19.4. The van der Waals surface area contributed by atoms with Crippen LogP contribution in [0.3, 0.4) is 0 Å². The quantitative estimate of drug-likeness (QED) is 0.0243. The average Bonchev–Trinajstić information content (AvgIpc) is 3.36. The second-order valence-corrected chi connectivity index (χ2v) is 23.8. The molecule has 0 spiro atoms. The first-order valence-electron chi connectivity index (χ1n) is 31.3. The van der Waals surface area contributed by atoms with E-state index in [0.29, 0.717) is 17.4 Å². The number of aliphatic hydroxyl groups is 1. The normalized spacial score (nSPS) is 14.3. The Balaban J connectivity index is 4.19. The second kappa shape index (κ2) is 55.7. The minimum absolute atomic E-state index is 0.0544. The van der Waals surface area contributed by atoms with Crippen molar-refractivity contribution < 1.29 is 32.9 Å². The molecule has 432 valence electrons. The van der Waals surface area contributed by atoms with Gasteiger partial charge in [-0.3, -0.25) is 13.8 Å². The van der Waals surface area contributed by atoms with Gasteiger partial charge < -0.3 is 19.8 Å². The first-order valence-corrected chi connectivity index (χ1v) is 32.8. The number of hydrogen-bond donors (Lipinski definition) is 3. The monoisotopic (exact) mass is 1060 g/mol. The Morgan fingerprint density at radius 2 is 0.824 bits per heavy atom. The van der Waals surface area contributed by atoms with Gasteiger partial charge in [-0.2, -0.15) is 0 Å². The van der Waals surface area contributed by atoms with Crippen LogP contribution in [-0.4, -0.2) is 73.4 Å². The van der Waals surface area contributed by atoms with E-state index in [-0.39, 0.29) is 19.1 Å². The van der Waals surface area contributed by atoms with Gasteiger partial charge in [0.15, 0.2) is 0 Å². The number of hydrogen-bond acceptors (Lipinski definition) is 5. The number of nitrogens with zero attached hydrogens (tertiary/aromatic N) is 1. The van der Waals surface area contributed by atoms with E-state index in [9.17, 15) is 19.4 Å². The largest absolute Gasteiger partial charge is 0.472 e. The molecule has 0 aliphatic carbocycles. The summed E-state index contributed by atoms with van der Waals surface area (Å²) in [5.74, 6) is -0.187. The van der Waals surface area contributed by atoms with Gasteiger partial charge in [-0.05, 0) is 70.6 Å². The number of quaternary nitrogens is 1. The van der Waals surface area contributed by atoms with Crippen molar-refractivity contribution in [2.45, 2.75) is 296 Å². The number of carbonyl (C=O) groups is 1. The molecule has 0 saturated carbocycles. The standard InChI is InChI=1S/C65H121N2O6P/c1-6-8-10-12-14-16-18-20-22-24-26-28-30-32-33-35-37-39-41-43-45-47-49-51-53-55-57-59-65(69)66-63(62-73-74(70,71)72-61-60-67(3,4)5)64(68)58-56-54-52-50-48-46-44-42-40-38-36-34-31-29-27-25-23-21-19-17-15-13-11-9-7-2/h8,10,14,16,20,22,26,28,48,50,56,58,63-64,68H,6-7,9,11-13,15,17-19,21,23-25,27,29-47,49,51-55,57,59-62H2,1-5H3,(H-,66,69,70,71)/p+1/b10-8-,16-14-,22-20-,28-26-,50-48+,58-56+. The summed E-state index contributed by atoms with van der Waals surface area (Å²) in [5.41, 5.74) is 0. The van der Waals surface area contributed by atoms with E-state index in [0.717, 1.165) is 64.2 Å². The Morgan fingerprint density at radius 3 is 1.24 bits per heavy atom. The van der Waals surface area contributed by atoms with Gasteiger partial charge in [-0.15, -0.1) is 0 Å². The topological polar surface area (TPSA) is 105 Å². The molecule has 0 bridgehead atoms. The molecule has 0 fully saturated rings. The van der Waals surface area contributed by atoms with Crippen LogP contribution in [0.1, 0.15) is 284 Å². The van der Waals surface area contributed by atoms with Crippen molar-refractivity contribution in [2.75, 3.05) is 40.9 Å². The lowest BCUT2D eigenvalue weighted by Gasteiger charge is -2.25. The second-order valence-electron chi connectivity index (χ2n) is 22.4. The number of phosphoric ester groups is 1. The number of allylic oxidation sites excluding steroid dienone is 11. The van der Waals surface area contributed by atoms with Crippen molar-refractivity contribution in [1.82, 2.24) is 5.32 Å². The summed E-state index contributed by atoms with van der Waals surface area (Å²) in [6.45, 7) is 4.71. The van der Waals surface area contributed by atoms with Crippen molar-refractivity contribution >= 4 is 13.7 Å². The van der Waals surface area contributed by atoms with Crippen molar-refractivity contribution in [3.63, 3.8) is 0 Å². The molecule has 0 saturated heterocycles. The van der Waals surface area contributed by atoms with E-state index in [4.69, 9.17) is 9.05 Å². The van der Waals surface area contributed by atoms with Crippen LogP contribution in [0.15, 0.2) is 72.9 Å². The van der Waals surface area contributed by atoms with Crippen molar-refractivity contribution in [3.05, 3.63) is 72.9 Å². The maximum Gasteiger partial charge on any atom is 0.472 e. The predicted molar refractivity (Wildman–Crippen MR) is 323 cm³/mol. The van der Waals surface area contributed by atoms with E-state index in [1.807, 2.05) is 27.2 Å². The highest BCUT2D eigenvalue weighted by atomic mass is 31.2. The smallest absolute Gasteiger partial charge is 0.387 e. The zero-order chi connectivity index (χ0) is 54.2. The Labute approximate surface area is 459 Å². The summed E-state index contributed by atoms with van der Waals surface area (Å²) in [4.78, 5) is 23.4. The maximum atomic E-state index is 13.0. The van der Waals surface area contributed by atoms with Crippen LogP contribution in [0, 0.1) is 0 Å². The Kier molecular flexibility index (Phi) is 54.1. The first-order chi connectivity index (χ1) is 36.0. The van der Waals surface area contributed by atoms with Gasteiger partial charge in [0, 0.05) is 6.42 Å². The lowest BCUT2D eigenvalue weighted by Crippen LogP contribution is -2.45. The summed E-state index contributed by atoms with van der Waals surface area (Å²) >= 11 is 0. The molecule has 1 amide bonds. The Morgan fingerprint density at radius 1 is 0.473 bits per heavy atom. The van der Waals surface area contributed by atoms with E-state index in [1.165, 1.54) is 199 Å². The molecule has 3 atom stereocenters. The minimum Gasteiger partial charge on any atom is -0.387 e. The van der Waals surface area contributed by atoms with E-state index < -0.39 is 20.0 Å². The van der Waals surface area contributed by atoms with Gasteiger partial charge in [0.1, 0.15) is 13.2 Å². The molecule has 0 aliphatic heterocycles. The van der Waals surface area contributed by atoms with Crippen LogP contribution in [0.5, 0.6) is 0 Å². The summed E-state index contributed by atoms with van der Waals surface area (Å²) in [6.07, 6.45) is 77.4. The third-order valence-electron chi connectivity index (χ3n) is 13.9. The van der Waals surface area contributed by atoms with Crippen molar-refractivity contribution in [2.24, 2.45) is 0 Å². The highest BCUT2D eigenvalue weighted by Crippen LogP contribution is 2.43. The molecular weight excluding hydrogens is 936 g/mol. The van der Waals surface area contributed by atoms with Crippen LogP contribution < -0.4 is 5.32 Å². The lowest BCUT2D eigenvalue weighted by molar-refractivity contribution is -0.870. The van der Waals surface area contributed by atoms with Crippen molar-refractivity contribution in [1.29, 1.82) is 0 Å². The molecule has 3 N–H and O–H groups in total. The summed E-state index contributed by atoms with van der Waals surface area (Å²) in [5, 5.41) is 14.0. The molecule has 0 rings (SSSR count). The van der Waals surface area contributed by atoms with Gasteiger partial charge in [-0.1, -0.05) is 279 Å². The molecule has 9 heteroatoms. The fraction of sp³-hybridized carbons (Fsp3) is 0.800. The van der Waals surface area contributed by atoms with E-state index in [1.54, 1.807) is 6.08 Å². The number of amides is 1. The zero-order valence-electron chi connectivity index (χ0n) is 49.3. The van der Waals surface area contributed by atoms with E-state index >= 15 is 0 Å². The molecule has 0 heterocycles. The van der Waals surface area contributed by atoms with Gasteiger partial charge in [0.05, 0.1) is 39.9 Å². The highest BCUT2D eigenvalue weighted by molar-refractivity contribution is 7.47. The highest BCUT2D eigenvalue weighted by Gasteiger charge is 2.27. The number of carbonyl (C=O) groups excluding carboxylic acids is 1. The number of nitrogens with one attached hydrogen (secondary N) is 1. The Bertz CT molecular complexity index is 1430. The maximum absolute atomic E-state index is 13.0. The zero-order valence-corrected chi connectivity index (χ0v) is 50.2. The van der Waals surface area contributed by atoms with Crippen molar-refractivity contribution in [3.8, 4) is 0 Å². The molecule has 0 aromatic rings. The molecule has 3 unspecified atom stereocenters. The van der Waals surface area contributed by atoms with Gasteiger partial charge in [-0.25, -0.2) is 4.57 Å². The van der Waals surface area contributed by atoms with Crippen LogP contribution in [0.25, 0.3) is 0 Å². The number of likely N-dealkylation sites (N-methyl/N-ethyl adjacent to an activating group) is 1. The Hall–Kier alpha value is -2.06. The third kappa shape index (κ3) is 57.6. The lowest BCUT2D eigenvalue weighted by atomic mass is 10.0. The van der Waals surface area contributed by atoms with Crippen LogP contribution in [0.2, 0.25) is 0 Å². The molecule has 0 aliphatic rings. The molecule has 0 aromatic heterocycles. The third-order valence-corrected chi connectivity index (χ3v) is 14.9. The average molecular weight is 1060 g/mol. The number of phosphoric acid groups is 1. The van der Waals surface area contributed by atoms with Crippen LogP contribution >= 0.6 is 7.82 Å². The van der Waals surface area contributed by atoms with Crippen LogP contribution in [-0.2, 0) is 18.4 Å². The van der Waals surface area contributed by atoms with Gasteiger partial charge in [0.2, 0.25) is 5.91 Å². The molecule has 0 aromatic carbocycles. The SMILES string of the molecule is CC/C=C\C/C=C\C/C=C\C/C=C\CCCCCCCCCCCCCCCCC(=O)NC(COP(=O)(O)OCC[N+](C)(C)C)C(O)/C=C/CC/C=C/CCCCCCCCCCCCCCCCCCCCC. The summed E-state index contributed by atoms with van der Waals surface area (Å²) < 4.78 is 23.7. The first kappa shape index (κ1) is 71.9. The summed E-state index contributed by atoms with van der Waals surface area (Å²) in [7, 11) is 1.56. The fourth-order valence-corrected chi connectivity index (χ4v) is 9.79. The molecule has 74 heavy (non-hydrogen) atoms. The molecular formula is C65H122N2O6P+. The molecule has 0 radical (unpaired) electrons. The summed E-state index contributed by atoms with van der Waals surface area (Å²) in [6, 6.07) is -0.868. The molecule has 8 nitrogen and oxygen atoms in total. The van der Waals surface area contributed by atoms with Gasteiger partial charge >= 0.3 is 7.82 Å². The number of rotatable bonds is 57. The fourth-order valence-electron chi connectivity index (χ4n) is 9.05. The van der Waals surface area contributed by atoms with Gasteiger partial charge in [0.25, 0.3) is 0 Å². The van der Waals surface area contributed by atoms with E-state index in [2.05, 4.69) is 79.9 Å². The number of aliphatic hydroxyl groups excluding tert-OH is 1. The van der Waals surface area contributed by atoms with Crippen LogP contribution in [0.4, 0.5) is 0 Å².